The molecule has 0 aliphatic rings. The molecule has 104 valence electrons. The molecule has 3 aromatic rings. The van der Waals surface area contributed by atoms with Gasteiger partial charge in [-0.3, -0.25) is 9.59 Å². The van der Waals surface area contributed by atoms with Crippen LogP contribution in [0.5, 0.6) is 0 Å². The second-order valence-corrected chi connectivity index (χ2v) is 5.12. The SMILES string of the molecule is CC(C(=O)O)c1cccc2c(=O)c3ccccc3ccc12. The number of carboxylic acids is 1. The largest absolute Gasteiger partial charge is 0.481 e. The zero-order valence-electron chi connectivity index (χ0n) is 11.5. The van der Waals surface area contributed by atoms with Crippen molar-refractivity contribution in [1.29, 1.82) is 0 Å². The Labute approximate surface area is 121 Å². The highest BCUT2D eigenvalue weighted by atomic mass is 16.4. The van der Waals surface area contributed by atoms with Crippen LogP contribution < -0.4 is 5.43 Å². The molecule has 1 unspecified atom stereocenters. The van der Waals surface area contributed by atoms with E-state index in [1.165, 1.54) is 0 Å². The molecule has 0 spiro atoms. The van der Waals surface area contributed by atoms with Gasteiger partial charge < -0.3 is 5.11 Å². The molecule has 1 N–H and O–H groups in total. The molecule has 0 saturated heterocycles. The van der Waals surface area contributed by atoms with E-state index in [-0.39, 0.29) is 5.43 Å². The van der Waals surface area contributed by atoms with Crippen molar-refractivity contribution in [3.05, 3.63) is 70.4 Å². The Hall–Kier alpha value is -2.68. The van der Waals surface area contributed by atoms with E-state index in [4.69, 9.17) is 0 Å². The van der Waals surface area contributed by atoms with Gasteiger partial charge in [-0.15, -0.1) is 0 Å². The third kappa shape index (κ3) is 2.17. The van der Waals surface area contributed by atoms with Crippen LogP contribution in [-0.2, 0) is 4.79 Å². The summed E-state index contributed by atoms with van der Waals surface area (Å²) in [6.07, 6.45) is 0. The molecule has 0 aliphatic carbocycles. The van der Waals surface area contributed by atoms with E-state index < -0.39 is 11.9 Å². The Kier molecular flexibility index (Phi) is 3.18. The van der Waals surface area contributed by atoms with Crippen LogP contribution in [0.1, 0.15) is 18.4 Å². The van der Waals surface area contributed by atoms with E-state index in [1.807, 2.05) is 30.3 Å². The average molecular weight is 278 g/mol. The fourth-order valence-electron chi connectivity index (χ4n) is 2.65. The molecule has 21 heavy (non-hydrogen) atoms. The fourth-order valence-corrected chi connectivity index (χ4v) is 2.65. The number of hydrogen-bond acceptors (Lipinski definition) is 2. The quantitative estimate of drug-likeness (QED) is 0.780. The van der Waals surface area contributed by atoms with Crippen molar-refractivity contribution in [2.24, 2.45) is 0 Å². The van der Waals surface area contributed by atoms with Gasteiger partial charge in [0.05, 0.1) is 5.92 Å². The van der Waals surface area contributed by atoms with Gasteiger partial charge in [0.25, 0.3) is 0 Å². The topological polar surface area (TPSA) is 54.4 Å². The Balaban J connectivity index is 2.49. The molecule has 3 rings (SSSR count). The van der Waals surface area contributed by atoms with Gasteiger partial charge in [-0.05, 0) is 23.3 Å². The van der Waals surface area contributed by atoms with Gasteiger partial charge in [-0.25, -0.2) is 0 Å². The normalized spacial score (nSPS) is 12.4. The van der Waals surface area contributed by atoms with Gasteiger partial charge in [-0.2, -0.15) is 0 Å². The molecule has 3 nitrogen and oxygen atoms in total. The summed E-state index contributed by atoms with van der Waals surface area (Å²) in [6, 6.07) is 16.4. The van der Waals surface area contributed by atoms with Gasteiger partial charge in [0, 0.05) is 10.8 Å². The maximum absolute atomic E-state index is 12.7. The van der Waals surface area contributed by atoms with Crippen molar-refractivity contribution >= 4 is 27.5 Å². The lowest BCUT2D eigenvalue weighted by molar-refractivity contribution is -0.138. The number of benzene rings is 2. The highest BCUT2D eigenvalue weighted by Crippen LogP contribution is 2.25. The van der Waals surface area contributed by atoms with Crippen LogP contribution in [0.4, 0.5) is 0 Å². The number of hydrogen-bond donors (Lipinski definition) is 1. The first-order valence-electron chi connectivity index (χ1n) is 6.77. The molecule has 0 aromatic heterocycles. The van der Waals surface area contributed by atoms with Crippen LogP contribution in [0.3, 0.4) is 0 Å². The zero-order chi connectivity index (χ0) is 15.0. The predicted octanol–water partition coefficient (Wildman–Crippen LogP) is 3.54. The lowest BCUT2D eigenvalue weighted by Gasteiger charge is -2.08. The lowest BCUT2D eigenvalue weighted by atomic mass is 9.96. The molecular weight excluding hydrogens is 264 g/mol. The summed E-state index contributed by atoms with van der Waals surface area (Å²) in [5.74, 6) is -1.55. The molecule has 3 heteroatoms. The first-order valence-corrected chi connectivity index (χ1v) is 6.77. The standard InChI is InChI=1S/C18H14O3/c1-11(18(20)21)13-7-4-8-16-15(13)10-9-12-5-2-3-6-14(12)17(16)19/h2-11H,1H3,(H,20,21). The van der Waals surface area contributed by atoms with Gasteiger partial charge in [0.2, 0.25) is 0 Å². The minimum Gasteiger partial charge on any atom is -0.481 e. The van der Waals surface area contributed by atoms with Gasteiger partial charge in [0.1, 0.15) is 0 Å². The molecular formula is C18H14O3. The maximum atomic E-state index is 12.7. The van der Waals surface area contributed by atoms with Crippen LogP contribution in [0.25, 0.3) is 21.5 Å². The summed E-state index contributed by atoms with van der Waals surface area (Å²) in [6.45, 7) is 1.63. The molecule has 1 atom stereocenters. The van der Waals surface area contributed by atoms with Gasteiger partial charge >= 0.3 is 5.97 Å². The Morgan fingerprint density at radius 2 is 1.62 bits per heavy atom. The minimum absolute atomic E-state index is 0.0648. The summed E-state index contributed by atoms with van der Waals surface area (Å²) in [5.41, 5.74) is 0.599. The van der Waals surface area contributed by atoms with E-state index in [9.17, 15) is 14.7 Å². The second kappa shape index (κ2) is 5.02. The highest BCUT2D eigenvalue weighted by Gasteiger charge is 2.16. The van der Waals surface area contributed by atoms with Crippen LogP contribution in [-0.4, -0.2) is 11.1 Å². The highest BCUT2D eigenvalue weighted by molar-refractivity contribution is 5.96. The molecule has 0 amide bonds. The first kappa shape index (κ1) is 13.3. The summed E-state index contributed by atoms with van der Waals surface area (Å²) in [4.78, 5) is 23.9. The number of carboxylic acid groups (broad SMARTS) is 1. The van der Waals surface area contributed by atoms with Crippen molar-refractivity contribution in [1.82, 2.24) is 0 Å². The predicted molar refractivity (Wildman–Crippen MR) is 83.8 cm³/mol. The van der Waals surface area contributed by atoms with Crippen molar-refractivity contribution in [2.75, 3.05) is 0 Å². The summed E-state index contributed by atoms with van der Waals surface area (Å²) in [5, 5.41) is 12.0. The van der Waals surface area contributed by atoms with Gasteiger partial charge in [0.15, 0.2) is 5.43 Å². The summed E-state index contributed by atoms with van der Waals surface area (Å²) >= 11 is 0. The zero-order valence-corrected chi connectivity index (χ0v) is 11.5. The molecule has 0 bridgehead atoms. The van der Waals surface area contributed by atoms with E-state index in [0.717, 1.165) is 5.39 Å². The van der Waals surface area contributed by atoms with E-state index in [0.29, 0.717) is 21.7 Å². The molecule has 0 aliphatic heterocycles. The molecule has 0 fully saturated rings. The smallest absolute Gasteiger partial charge is 0.310 e. The minimum atomic E-state index is -0.897. The Morgan fingerprint density at radius 3 is 2.38 bits per heavy atom. The van der Waals surface area contributed by atoms with Crippen LogP contribution in [0.15, 0.2) is 59.4 Å². The average Bonchev–Trinajstić information content (AvgIpc) is 2.64. The van der Waals surface area contributed by atoms with E-state index in [2.05, 4.69) is 0 Å². The maximum Gasteiger partial charge on any atom is 0.310 e. The Bertz CT molecular complexity index is 913. The second-order valence-electron chi connectivity index (χ2n) is 5.12. The van der Waals surface area contributed by atoms with E-state index >= 15 is 0 Å². The Morgan fingerprint density at radius 1 is 0.905 bits per heavy atom. The number of fused-ring (bicyclic) bond motifs is 2. The van der Waals surface area contributed by atoms with E-state index in [1.54, 1.807) is 31.2 Å². The number of rotatable bonds is 2. The number of aliphatic carboxylic acids is 1. The van der Waals surface area contributed by atoms with Crippen LogP contribution in [0.2, 0.25) is 0 Å². The lowest BCUT2D eigenvalue weighted by Crippen LogP contribution is -2.08. The van der Waals surface area contributed by atoms with Crippen LogP contribution in [0, 0.1) is 0 Å². The van der Waals surface area contributed by atoms with Crippen molar-refractivity contribution in [3.63, 3.8) is 0 Å². The van der Waals surface area contributed by atoms with Crippen molar-refractivity contribution in [2.45, 2.75) is 12.8 Å². The summed E-state index contributed by atoms with van der Waals surface area (Å²) in [7, 11) is 0. The summed E-state index contributed by atoms with van der Waals surface area (Å²) < 4.78 is 0. The van der Waals surface area contributed by atoms with Crippen LogP contribution >= 0.6 is 0 Å². The fraction of sp³-hybridized carbons (Fsp3) is 0.111. The molecule has 0 heterocycles. The van der Waals surface area contributed by atoms with Crippen molar-refractivity contribution in [3.8, 4) is 0 Å². The first-order chi connectivity index (χ1) is 10.1. The third-order valence-corrected chi connectivity index (χ3v) is 3.86. The van der Waals surface area contributed by atoms with Gasteiger partial charge in [-0.1, -0.05) is 54.6 Å². The van der Waals surface area contributed by atoms with Crippen molar-refractivity contribution < 1.29 is 9.90 Å². The molecule has 0 radical (unpaired) electrons. The molecule has 0 saturated carbocycles. The monoisotopic (exact) mass is 278 g/mol. The molecule has 3 aromatic carbocycles. The third-order valence-electron chi connectivity index (χ3n) is 3.86. The number of carbonyl (C=O) groups is 1.